The van der Waals surface area contributed by atoms with Crippen LogP contribution in [0.2, 0.25) is 0 Å². The van der Waals surface area contributed by atoms with E-state index in [0.717, 1.165) is 43.6 Å². The Hall–Kier alpha value is -1.36. The zero-order valence-electron chi connectivity index (χ0n) is 12.6. The van der Waals surface area contributed by atoms with Gasteiger partial charge in [0.15, 0.2) is 0 Å². The molecule has 1 N–H and O–H groups in total. The molecule has 0 atom stereocenters. The summed E-state index contributed by atoms with van der Waals surface area (Å²) in [6, 6.07) is 2.67. The minimum atomic E-state index is 0.602. The lowest BCUT2D eigenvalue weighted by atomic mass is 10.2. The topological polar surface area (TPSA) is 44.3 Å². The highest BCUT2D eigenvalue weighted by atomic mass is 15.3. The number of aromatic nitrogens is 2. The maximum Gasteiger partial charge on any atom is 0.227 e. The first-order valence-electron chi connectivity index (χ1n) is 7.76. The predicted octanol–water partition coefficient (Wildman–Crippen LogP) is 1.89. The Bertz CT molecular complexity index is 448. The highest BCUT2D eigenvalue weighted by molar-refractivity contribution is 5.44. The maximum absolute atomic E-state index is 4.73. The van der Waals surface area contributed by atoms with Crippen LogP contribution in [0, 0.1) is 6.92 Å². The molecule has 20 heavy (non-hydrogen) atoms. The smallest absolute Gasteiger partial charge is 0.227 e. The quantitative estimate of drug-likeness (QED) is 0.912. The fraction of sp³-hybridized carbons (Fsp3) is 0.733. The van der Waals surface area contributed by atoms with Gasteiger partial charge in [0.2, 0.25) is 5.95 Å². The Morgan fingerprint density at radius 1 is 1.10 bits per heavy atom. The third kappa shape index (κ3) is 3.20. The minimum absolute atomic E-state index is 0.602. The van der Waals surface area contributed by atoms with E-state index in [2.05, 4.69) is 40.1 Å². The number of nitrogens with one attached hydrogen (secondary N) is 1. The monoisotopic (exact) mass is 275 g/mol. The molecule has 1 aromatic heterocycles. The van der Waals surface area contributed by atoms with Gasteiger partial charge in [0.05, 0.1) is 0 Å². The summed E-state index contributed by atoms with van der Waals surface area (Å²) >= 11 is 0. The molecule has 1 aromatic rings. The fourth-order valence-electron chi connectivity index (χ4n) is 3.05. The number of hydrogen-bond acceptors (Lipinski definition) is 5. The summed E-state index contributed by atoms with van der Waals surface area (Å²) in [6.45, 7) is 6.26. The molecule has 1 aliphatic heterocycles. The first-order valence-corrected chi connectivity index (χ1v) is 7.76. The summed E-state index contributed by atoms with van der Waals surface area (Å²) in [5, 5.41) is 3.58. The molecule has 0 unspecified atom stereocenters. The molecule has 2 heterocycles. The molecule has 5 nitrogen and oxygen atoms in total. The number of hydrogen-bond donors (Lipinski definition) is 1. The summed E-state index contributed by atoms with van der Waals surface area (Å²) in [5.74, 6) is 1.89. The second kappa shape index (κ2) is 5.95. The molecule has 0 spiro atoms. The van der Waals surface area contributed by atoms with Gasteiger partial charge in [-0.2, -0.15) is 4.98 Å². The van der Waals surface area contributed by atoms with Crippen LogP contribution < -0.4 is 10.2 Å². The van der Waals surface area contributed by atoms with Gasteiger partial charge in [-0.1, -0.05) is 12.8 Å². The molecule has 0 aromatic carbocycles. The second-order valence-electron chi connectivity index (χ2n) is 6.11. The van der Waals surface area contributed by atoms with Crippen LogP contribution in [0.5, 0.6) is 0 Å². The summed E-state index contributed by atoms with van der Waals surface area (Å²) < 4.78 is 0. The molecule has 5 heteroatoms. The average Bonchev–Trinajstić information content (AvgIpc) is 2.91. The third-order valence-corrected chi connectivity index (χ3v) is 4.34. The number of aryl methyl sites for hydroxylation is 1. The van der Waals surface area contributed by atoms with Crippen molar-refractivity contribution in [1.29, 1.82) is 0 Å². The Kier molecular flexibility index (Phi) is 4.05. The molecule has 3 rings (SSSR count). The Morgan fingerprint density at radius 3 is 2.50 bits per heavy atom. The average molecular weight is 275 g/mol. The fourth-order valence-corrected chi connectivity index (χ4v) is 3.05. The van der Waals surface area contributed by atoms with E-state index in [-0.39, 0.29) is 0 Å². The molecule has 2 aliphatic rings. The van der Waals surface area contributed by atoms with Crippen molar-refractivity contribution >= 4 is 11.8 Å². The van der Waals surface area contributed by atoms with Crippen molar-refractivity contribution in [3.63, 3.8) is 0 Å². The van der Waals surface area contributed by atoms with Gasteiger partial charge in [-0.25, -0.2) is 4.98 Å². The van der Waals surface area contributed by atoms with Crippen molar-refractivity contribution in [1.82, 2.24) is 14.9 Å². The van der Waals surface area contributed by atoms with E-state index in [1.807, 2.05) is 0 Å². The zero-order chi connectivity index (χ0) is 13.9. The van der Waals surface area contributed by atoms with E-state index in [1.165, 1.54) is 25.7 Å². The van der Waals surface area contributed by atoms with Crippen LogP contribution in [0.3, 0.4) is 0 Å². The van der Waals surface area contributed by atoms with E-state index in [4.69, 9.17) is 4.98 Å². The Morgan fingerprint density at radius 2 is 1.80 bits per heavy atom. The lowest BCUT2D eigenvalue weighted by molar-refractivity contribution is 0.311. The number of likely N-dealkylation sites (N-methyl/N-ethyl adjacent to an activating group) is 1. The molecule has 110 valence electrons. The highest BCUT2D eigenvalue weighted by Crippen LogP contribution is 2.23. The van der Waals surface area contributed by atoms with Crippen molar-refractivity contribution in [2.24, 2.45) is 0 Å². The van der Waals surface area contributed by atoms with Crippen LogP contribution in [0.15, 0.2) is 6.07 Å². The van der Waals surface area contributed by atoms with Crippen LogP contribution in [0.1, 0.15) is 31.4 Å². The van der Waals surface area contributed by atoms with Gasteiger partial charge in [-0.15, -0.1) is 0 Å². The standard InChI is InChI=1S/C15H25N5/c1-12-11-14(17-13-5-3-4-6-13)18-15(16-12)20-9-7-19(2)8-10-20/h11,13H,3-10H2,1-2H3,(H,16,17,18). The zero-order valence-corrected chi connectivity index (χ0v) is 12.6. The lowest BCUT2D eigenvalue weighted by Gasteiger charge is -2.32. The van der Waals surface area contributed by atoms with E-state index in [0.29, 0.717) is 6.04 Å². The van der Waals surface area contributed by atoms with Gasteiger partial charge in [0, 0.05) is 44.0 Å². The second-order valence-corrected chi connectivity index (χ2v) is 6.11. The number of nitrogens with zero attached hydrogens (tertiary/aromatic N) is 4. The molecule has 0 radical (unpaired) electrons. The molecule has 2 fully saturated rings. The van der Waals surface area contributed by atoms with Crippen molar-refractivity contribution in [3.05, 3.63) is 11.8 Å². The molecule has 1 saturated heterocycles. The number of anilines is 2. The van der Waals surface area contributed by atoms with E-state index in [1.54, 1.807) is 0 Å². The summed E-state index contributed by atoms with van der Waals surface area (Å²) in [6.07, 6.45) is 5.22. The molecule has 1 saturated carbocycles. The SMILES string of the molecule is Cc1cc(NC2CCCC2)nc(N2CCN(C)CC2)n1. The third-order valence-electron chi connectivity index (χ3n) is 4.34. The van der Waals surface area contributed by atoms with Gasteiger partial charge in [0.25, 0.3) is 0 Å². The maximum atomic E-state index is 4.73. The normalized spacial score (nSPS) is 21.4. The van der Waals surface area contributed by atoms with Crippen molar-refractivity contribution < 1.29 is 0 Å². The predicted molar refractivity (Wildman–Crippen MR) is 82.4 cm³/mol. The number of piperazine rings is 1. The van der Waals surface area contributed by atoms with Crippen LogP contribution >= 0.6 is 0 Å². The van der Waals surface area contributed by atoms with E-state index >= 15 is 0 Å². The first-order chi connectivity index (χ1) is 9.70. The van der Waals surface area contributed by atoms with Crippen LogP contribution in [0.4, 0.5) is 11.8 Å². The van der Waals surface area contributed by atoms with Gasteiger partial charge in [-0.05, 0) is 26.8 Å². The van der Waals surface area contributed by atoms with Crippen molar-refractivity contribution in [2.45, 2.75) is 38.6 Å². The van der Waals surface area contributed by atoms with E-state index < -0.39 is 0 Å². The molecule has 0 bridgehead atoms. The van der Waals surface area contributed by atoms with Crippen LogP contribution in [0.25, 0.3) is 0 Å². The van der Waals surface area contributed by atoms with Crippen LogP contribution in [-0.2, 0) is 0 Å². The largest absolute Gasteiger partial charge is 0.367 e. The van der Waals surface area contributed by atoms with Crippen LogP contribution in [-0.4, -0.2) is 54.1 Å². The first kappa shape index (κ1) is 13.6. The summed E-state index contributed by atoms with van der Waals surface area (Å²) in [4.78, 5) is 14.0. The number of rotatable bonds is 3. The minimum Gasteiger partial charge on any atom is -0.367 e. The molecular weight excluding hydrogens is 250 g/mol. The molecule has 0 amide bonds. The Balaban J connectivity index is 1.72. The molecule has 1 aliphatic carbocycles. The Labute approximate surface area is 121 Å². The van der Waals surface area contributed by atoms with Crippen molar-refractivity contribution in [3.8, 4) is 0 Å². The lowest BCUT2D eigenvalue weighted by Crippen LogP contribution is -2.45. The van der Waals surface area contributed by atoms with Gasteiger partial charge >= 0.3 is 0 Å². The summed E-state index contributed by atoms with van der Waals surface area (Å²) in [7, 11) is 2.17. The van der Waals surface area contributed by atoms with Gasteiger partial charge in [0.1, 0.15) is 5.82 Å². The van der Waals surface area contributed by atoms with Crippen molar-refractivity contribution in [2.75, 3.05) is 43.4 Å². The van der Waals surface area contributed by atoms with Gasteiger partial charge in [-0.3, -0.25) is 0 Å². The molecular formula is C15H25N5. The highest BCUT2D eigenvalue weighted by Gasteiger charge is 2.19. The van der Waals surface area contributed by atoms with Gasteiger partial charge < -0.3 is 15.1 Å². The summed E-state index contributed by atoms with van der Waals surface area (Å²) in [5.41, 5.74) is 1.05. The van der Waals surface area contributed by atoms with E-state index in [9.17, 15) is 0 Å².